The van der Waals surface area contributed by atoms with Gasteiger partial charge in [0, 0.05) is 6.54 Å². The summed E-state index contributed by atoms with van der Waals surface area (Å²) < 4.78 is 11.8. The van der Waals surface area contributed by atoms with E-state index in [1.54, 1.807) is 0 Å². The van der Waals surface area contributed by atoms with Crippen LogP contribution in [0.1, 0.15) is 6.42 Å². The molecule has 0 radical (unpaired) electrons. The summed E-state index contributed by atoms with van der Waals surface area (Å²) in [5.41, 5.74) is 0.845. The molecule has 0 amide bonds. The molecule has 0 bridgehead atoms. The molecular formula is C6H10FNS. The summed E-state index contributed by atoms with van der Waals surface area (Å²) in [6.45, 7) is 0.727. The molecule has 1 rings (SSSR count). The highest BCUT2D eigenvalue weighted by Crippen LogP contribution is 2.22. The van der Waals surface area contributed by atoms with Crippen molar-refractivity contribution < 1.29 is 4.39 Å². The summed E-state index contributed by atoms with van der Waals surface area (Å²) in [6, 6.07) is 0. The number of nitrogens with zero attached hydrogens (tertiary/aromatic N) is 1. The SMILES string of the molecule is CN1C/C(=C/F)CC1S. The molecule has 0 aromatic carbocycles. The third-order valence-corrected chi connectivity index (χ3v) is 2.14. The number of rotatable bonds is 0. The highest BCUT2D eigenvalue weighted by Gasteiger charge is 2.20. The van der Waals surface area contributed by atoms with Crippen LogP contribution >= 0.6 is 12.6 Å². The van der Waals surface area contributed by atoms with Crippen molar-refractivity contribution in [3.8, 4) is 0 Å². The lowest BCUT2D eigenvalue weighted by molar-refractivity contribution is 0.398. The van der Waals surface area contributed by atoms with Gasteiger partial charge in [0.15, 0.2) is 0 Å². The van der Waals surface area contributed by atoms with Gasteiger partial charge in [0.2, 0.25) is 0 Å². The number of hydrogen-bond donors (Lipinski definition) is 1. The Morgan fingerprint density at radius 3 is 2.78 bits per heavy atom. The van der Waals surface area contributed by atoms with Crippen LogP contribution < -0.4 is 0 Å². The first kappa shape index (κ1) is 7.09. The summed E-state index contributed by atoms with van der Waals surface area (Å²) in [5.74, 6) is 0. The fraction of sp³-hybridized carbons (Fsp3) is 0.667. The molecule has 1 fully saturated rings. The van der Waals surface area contributed by atoms with Crippen molar-refractivity contribution in [1.82, 2.24) is 4.90 Å². The molecule has 9 heavy (non-hydrogen) atoms. The van der Waals surface area contributed by atoms with Crippen molar-refractivity contribution in [3.63, 3.8) is 0 Å². The maximum Gasteiger partial charge on any atom is 0.0872 e. The van der Waals surface area contributed by atoms with Gasteiger partial charge < -0.3 is 0 Å². The number of thiol groups is 1. The minimum Gasteiger partial charge on any atom is -0.290 e. The van der Waals surface area contributed by atoms with Crippen LogP contribution in [0.3, 0.4) is 0 Å². The smallest absolute Gasteiger partial charge is 0.0872 e. The minimum atomic E-state index is 0.215. The van der Waals surface area contributed by atoms with Gasteiger partial charge in [0.05, 0.1) is 11.7 Å². The minimum absolute atomic E-state index is 0.215. The zero-order valence-corrected chi connectivity index (χ0v) is 6.24. The van der Waals surface area contributed by atoms with E-state index >= 15 is 0 Å². The molecule has 1 saturated heterocycles. The Balaban J connectivity index is 2.54. The lowest BCUT2D eigenvalue weighted by atomic mass is 10.3. The first-order valence-corrected chi connectivity index (χ1v) is 3.42. The molecule has 0 aromatic heterocycles. The van der Waals surface area contributed by atoms with Crippen LogP contribution in [-0.2, 0) is 0 Å². The van der Waals surface area contributed by atoms with E-state index in [2.05, 4.69) is 12.6 Å². The molecule has 1 nitrogen and oxygen atoms in total. The highest BCUT2D eigenvalue weighted by molar-refractivity contribution is 7.80. The Kier molecular flexibility index (Phi) is 2.13. The van der Waals surface area contributed by atoms with Gasteiger partial charge in [-0.15, -0.1) is 0 Å². The summed E-state index contributed by atoms with van der Waals surface area (Å²) in [4.78, 5) is 2.01. The second-order valence-corrected chi connectivity index (χ2v) is 2.96. The Morgan fingerprint density at radius 1 is 1.89 bits per heavy atom. The summed E-state index contributed by atoms with van der Waals surface area (Å²) >= 11 is 4.22. The monoisotopic (exact) mass is 147 g/mol. The van der Waals surface area contributed by atoms with Crippen molar-refractivity contribution in [2.75, 3.05) is 13.6 Å². The molecule has 1 unspecified atom stereocenters. The van der Waals surface area contributed by atoms with E-state index in [0.717, 1.165) is 18.5 Å². The standard InChI is InChI=1S/C6H10FNS/c1-8-4-5(3-7)2-6(8)9/h3,6,9H,2,4H2,1H3/b5-3+. The molecule has 3 heteroatoms. The molecule has 1 heterocycles. The molecule has 0 saturated carbocycles. The zero-order chi connectivity index (χ0) is 6.85. The second-order valence-electron chi connectivity index (χ2n) is 2.37. The van der Waals surface area contributed by atoms with Crippen molar-refractivity contribution in [2.24, 2.45) is 0 Å². The van der Waals surface area contributed by atoms with Crippen LogP contribution in [0, 0.1) is 0 Å². The molecule has 0 spiro atoms. The summed E-state index contributed by atoms with van der Waals surface area (Å²) in [7, 11) is 1.94. The Bertz CT molecular complexity index is 123. The Hall–Kier alpha value is -0.0200. The van der Waals surface area contributed by atoms with Crippen molar-refractivity contribution in [3.05, 3.63) is 11.9 Å². The Labute approximate surface area is 59.9 Å². The maximum absolute atomic E-state index is 11.8. The normalized spacial score (nSPS) is 34.1. The molecule has 1 aliphatic heterocycles. The van der Waals surface area contributed by atoms with E-state index < -0.39 is 0 Å². The Morgan fingerprint density at radius 2 is 2.56 bits per heavy atom. The van der Waals surface area contributed by atoms with E-state index in [1.807, 2.05) is 11.9 Å². The van der Waals surface area contributed by atoms with Gasteiger partial charge in [-0.25, -0.2) is 4.39 Å². The fourth-order valence-corrected chi connectivity index (χ4v) is 1.28. The van der Waals surface area contributed by atoms with E-state index in [-0.39, 0.29) is 5.37 Å². The third kappa shape index (κ3) is 1.46. The number of halogens is 1. The van der Waals surface area contributed by atoms with Crippen molar-refractivity contribution >= 4 is 12.6 Å². The van der Waals surface area contributed by atoms with Gasteiger partial charge in [-0.05, 0) is 19.0 Å². The molecule has 0 aromatic rings. The van der Waals surface area contributed by atoms with Gasteiger partial charge in [0.25, 0.3) is 0 Å². The molecule has 0 aliphatic carbocycles. The van der Waals surface area contributed by atoms with Crippen LogP contribution in [0.2, 0.25) is 0 Å². The van der Waals surface area contributed by atoms with E-state index in [1.165, 1.54) is 0 Å². The van der Waals surface area contributed by atoms with Gasteiger partial charge in [-0.3, -0.25) is 4.90 Å². The number of hydrogen-bond acceptors (Lipinski definition) is 2. The second kappa shape index (κ2) is 2.71. The maximum atomic E-state index is 11.8. The predicted molar refractivity (Wildman–Crippen MR) is 39.2 cm³/mol. The topological polar surface area (TPSA) is 3.24 Å². The van der Waals surface area contributed by atoms with Crippen LogP contribution in [0.4, 0.5) is 4.39 Å². The lowest BCUT2D eigenvalue weighted by Gasteiger charge is -2.10. The van der Waals surface area contributed by atoms with Gasteiger partial charge in [-0.2, -0.15) is 12.6 Å². The third-order valence-electron chi connectivity index (χ3n) is 1.56. The van der Waals surface area contributed by atoms with Gasteiger partial charge in [0.1, 0.15) is 0 Å². The zero-order valence-electron chi connectivity index (χ0n) is 5.34. The average molecular weight is 147 g/mol. The fourth-order valence-electron chi connectivity index (χ4n) is 0.960. The van der Waals surface area contributed by atoms with Crippen LogP contribution in [-0.4, -0.2) is 23.9 Å². The van der Waals surface area contributed by atoms with Crippen LogP contribution in [0.15, 0.2) is 11.9 Å². The van der Waals surface area contributed by atoms with Gasteiger partial charge >= 0.3 is 0 Å². The molecule has 1 aliphatic rings. The van der Waals surface area contributed by atoms with Crippen LogP contribution in [0.5, 0.6) is 0 Å². The molecular weight excluding hydrogens is 137 g/mol. The lowest BCUT2D eigenvalue weighted by Crippen LogP contribution is -2.18. The quantitative estimate of drug-likeness (QED) is 0.507. The van der Waals surface area contributed by atoms with Crippen molar-refractivity contribution in [1.29, 1.82) is 0 Å². The predicted octanol–water partition coefficient (Wildman–Crippen LogP) is 1.43. The van der Waals surface area contributed by atoms with Crippen molar-refractivity contribution in [2.45, 2.75) is 11.8 Å². The van der Waals surface area contributed by atoms with Crippen LogP contribution in [0.25, 0.3) is 0 Å². The molecule has 52 valence electrons. The van der Waals surface area contributed by atoms with Gasteiger partial charge in [-0.1, -0.05) is 0 Å². The van der Waals surface area contributed by atoms with E-state index in [4.69, 9.17) is 0 Å². The highest BCUT2D eigenvalue weighted by atomic mass is 32.1. The summed E-state index contributed by atoms with van der Waals surface area (Å²) in [5, 5.41) is 0.215. The summed E-state index contributed by atoms with van der Waals surface area (Å²) in [6.07, 6.45) is 1.45. The van der Waals surface area contributed by atoms with E-state index in [0.29, 0.717) is 6.33 Å². The van der Waals surface area contributed by atoms with E-state index in [9.17, 15) is 4.39 Å². The first-order chi connectivity index (χ1) is 4.24. The molecule has 0 N–H and O–H groups in total. The number of likely N-dealkylation sites (tertiary alicyclic amines) is 1. The average Bonchev–Trinajstić information content (AvgIpc) is 2.13. The largest absolute Gasteiger partial charge is 0.290 e. The molecule has 1 atom stereocenters. The number of likely N-dealkylation sites (N-methyl/N-ethyl adjacent to an activating group) is 1. The first-order valence-electron chi connectivity index (χ1n) is 2.90.